The van der Waals surface area contributed by atoms with Crippen molar-refractivity contribution in [3.63, 3.8) is 0 Å². The van der Waals surface area contributed by atoms with Crippen molar-refractivity contribution < 1.29 is 14.3 Å². The van der Waals surface area contributed by atoms with Crippen molar-refractivity contribution in [1.29, 1.82) is 0 Å². The van der Waals surface area contributed by atoms with Crippen molar-refractivity contribution in [2.45, 2.75) is 33.1 Å². The van der Waals surface area contributed by atoms with Crippen molar-refractivity contribution in [3.8, 4) is 11.5 Å². The topological polar surface area (TPSA) is 67.8 Å². The van der Waals surface area contributed by atoms with Gasteiger partial charge in [-0.05, 0) is 61.7 Å². The number of ether oxygens (including phenoxy) is 2. The summed E-state index contributed by atoms with van der Waals surface area (Å²) in [5.74, 6) is 3.21. The first kappa shape index (κ1) is 25.8. The number of halogens is 1. The van der Waals surface area contributed by atoms with Crippen molar-refractivity contribution in [2.24, 2.45) is 0 Å². The molecule has 1 amide bonds. The fourth-order valence-electron chi connectivity index (χ4n) is 4.47. The van der Waals surface area contributed by atoms with Crippen LogP contribution < -0.4 is 14.4 Å². The summed E-state index contributed by atoms with van der Waals surface area (Å²) in [6.45, 7) is 6.94. The third-order valence-electron chi connectivity index (χ3n) is 6.38. The largest absolute Gasteiger partial charge is 0.497 e. The van der Waals surface area contributed by atoms with E-state index >= 15 is 0 Å². The van der Waals surface area contributed by atoms with E-state index < -0.39 is 0 Å². The van der Waals surface area contributed by atoms with Crippen LogP contribution in [0.4, 0.5) is 5.82 Å². The maximum absolute atomic E-state index is 12.9. The van der Waals surface area contributed by atoms with E-state index in [9.17, 15) is 4.79 Å². The number of rotatable bonds is 8. The minimum absolute atomic E-state index is 0.0109. The van der Waals surface area contributed by atoms with Crippen LogP contribution >= 0.6 is 11.6 Å². The van der Waals surface area contributed by atoms with Crippen molar-refractivity contribution in [2.75, 3.05) is 44.8 Å². The Labute approximate surface area is 218 Å². The van der Waals surface area contributed by atoms with Gasteiger partial charge >= 0.3 is 0 Å². The molecule has 2 aromatic carbocycles. The molecule has 0 bridgehead atoms. The van der Waals surface area contributed by atoms with Crippen LogP contribution in [0.5, 0.6) is 11.5 Å². The first-order chi connectivity index (χ1) is 17.5. The highest BCUT2D eigenvalue weighted by atomic mass is 35.5. The fraction of sp³-hybridized carbons (Fsp3) is 0.393. The van der Waals surface area contributed by atoms with E-state index in [1.54, 1.807) is 31.4 Å². The van der Waals surface area contributed by atoms with Crippen LogP contribution in [0.3, 0.4) is 0 Å². The van der Waals surface area contributed by atoms with Crippen LogP contribution in [0.2, 0.25) is 5.02 Å². The third-order valence-corrected chi connectivity index (χ3v) is 6.63. The second kappa shape index (κ2) is 12.1. The molecule has 0 unspecified atom stereocenters. The molecule has 0 radical (unpaired) electrons. The normalized spacial score (nSPS) is 13.9. The highest BCUT2D eigenvalue weighted by Crippen LogP contribution is 2.27. The number of nitrogens with zero attached hydrogens (tertiary/aromatic N) is 4. The predicted molar refractivity (Wildman–Crippen MR) is 142 cm³/mol. The van der Waals surface area contributed by atoms with Crippen molar-refractivity contribution in [1.82, 2.24) is 14.9 Å². The monoisotopic (exact) mass is 508 g/mol. The molecule has 36 heavy (non-hydrogen) atoms. The Morgan fingerprint density at radius 2 is 1.69 bits per heavy atom. The Morgan fingerprint density at radius 1 is 0.972 bits per heavy atom. The van der Waals surface area contributed by atoms with E-state index in [-0.39, 0.29) is 12.5 Å². The minimum Gasteiger partial charge on any atom is -0.497 e. The van der Waals surface area contributed by atoms with Crippen molar-refractivity contribution >= 4 is 23.3 Å². The van der Waals surface area contributed by atoms with Crippen LogP contribution in [0.25, 0.3) is 0 Å². The quantitative estimate of drug-likeness (QED) is 0.438. The maximum atomic E-state index is 12.9. The van der Waals surface area contributed by atoms with Gasteiger partial charge in [-0.3, -0.25) is 4.79 Å². The summed E-state index contributed by atoms with van der Waals surface area (Å²) in [5, 5.41) is 0.638. The Bertz CT molecular complexity index is 1170. The summed E-state index contributed by atoms with van der Waals surface area (Å²) in [6, 6.07) is 15.2. The number of carbonyl (C=O) groups excluding carboxylic acids is 1. The zero-order chi connectivity index (χ0) is 25.5. The molecule has 1 aromatic heterocycles. The Morgan fingerprint density at radius 3 is 2.39 bits per heavy atom. The molecule has 0 saturated carbocycles. The molecule has 4 rings (SSSR count). The van der Waals surface area contributed by atoms with Gasteiger partial charge < -0.3 is 19.3 Å². The van der Waals surface area contributed by atoms with Gasteiger partial charge in [0.05, 0.1) is 7.11 Å². The molecule has 3 aromatic rings. The number of hydrogen-bond donors (Lipinski definition) is 0. The summed E-state index contributed by atoms with van der Waals surface area (Å²) in [7, 11) is 1.67. The van der Waals surface area contributed by atoms with Gasteiger partial charge in [-0.1, -0.05) is 30.7 Å². The Hall–Kier alpha value is -3.32. The molecule has 1 aliphatic rings. The van der Waals surface area contributed by atoms with Gasteiger partial charge in [0.15, 0.2) is 6.61 Å². The summed E-state index contributed by atoms with van der Waals surface area (Å²) in [4.78, 5) is 26.7. The van der Waals surface area contributed by atoms with Crippen LogP contribution in [0.1, 0.15) is 36.0 Å². The molecule has 1 fully saturated rings. The van der Waals surface area contributed by atoms with Crippen LogP contribution in [0, 0.1) is 6.92 Å². The van der Waals surface area contributed by atoms with Crippen LogP contribution in [-0.4, -0.2) is 60.7 Å². The lowest BCUT2D eigenvalue weighted by atomic mass is 10.0. The molecule has 0 atom stereocenters. The summed E-state index contributed by atoms with van der Waals surface area (Å²) in [5.41, 5.74) is 3.41. The number of carbonyl (C=O) groups is 1. The molecule has 1 saturated heterocycles. The Kier molecular flexibility index (Phi) is 8.65. The summed E-state index contributed by atoms with van der Waals surface area (Å²) in [6.07, 6.45) is 2.44. The number of anilines is 1. The molecule has 8 heteroatoms. The van der Waals surface area contributed by atoms with Gasteiger partial charge in [-0.2, -0.15) is 0 Å². The highest BCUT2D eigenvalue weighted by Gasteiger charge is 2.24. The number of methoxy groups -OCH3 is 1. The van der Waals surface area contributed by atoms with Gasteiger partial charge in [-0.15, -0.1) is 0 Å². The molecular formula is C28H33ClN4O3. The Balaban J connectivity index is 1.47. The third kappa shape index (κ3) is 6.46. The minimum atomic E-state index is -0.0154. The molecule has 190 valence electrons. The molecule has 0 N–H and O–H groups in total. The number of aryl methyl sites for hydroxylation is 2. The second-order valence-electron chi connectivity index (χ2n) is 8.86. The van der Waals surface area contributed by atoms with Gasteiger partial charge in [0.2, 0.25) is 0 Å². The SMILES string of the molecule is CCc1nc(C)nc(N2CCCN(C(=O)COc3ccc(Cl)cc3)CC2)c1Cc1ccc(OC)cc1. The van der Waals surface area contributed by atoms with Gasteiger partial charge in [-0.25, -0.2) is 9.97 Å². The van der Waals surface area contributed by atoms with E-state index in [1.165, 1.54) is 5.56 Å². The second-order valence-corrected chi connectivity index (χ2v) is 9.30. The summed E-state index contributed by atoms with van der Waals surface area (Å²) < 4.78 is 11.0. The van der Waals surface area contributed by atoms with E-state index in [1.807, 2.05) is 24.0 Å². The van der Waals surface area contributed by atoms with Gasteiger partial charge in [0.25, 0.3) is 5.91 Å². The molecule has 0 aliphatic carbocycles. The lowest BCUT2D eigenvalue weighted by molar-refractivity contribution is -0.133. The zero-order valence-corrected chi connectivity index (χ0v) is 21.9. The van der Waals surface area contributed by atoms with E-state index in [2.05, 4.69) is 24.0 Å². The standard InChI is InChI=1S/C28H33ClN4O3/c1-4-26-25(18-21-6-10-23(35-3)11-7-21)28(31-20(2)30-26)33-15-5-14-32(16-17-33)27(34)19-36-24-12-8-22(29)9-13-24/h6-13H,4-5,14-19H2,1-3H3. The first-order valence-corrected chi connectivity index (χ1v) is 12.7. The maximum Gasteiger partial charge on any atom is 0.260 e. The highest BCUT2D eigenvalue weighted by molar-refractivity contribution is 6.30. The number of amides is 1. The van der Waals surface area contributed by atoms with Gasteiger partial charge in [0.1, 0.15) is 23.1 Å². The molecular weight excluding hydrogens is 476 g/mol. The zero-order valence-electron chi connectivity index (χ0n) is 21.2. The number of hydrogen-bond acceptors (Lipinski definition) is 6. The molecule has 1 aliphatic heterocycles. The fourth-order valence-corrected chi connectivity index (χ4v) is 4.59. The smallest absolute Gasteiger partial charge is 0.260 e. The average molecular weight is 509 g/mol. The van der Waals surface area contributed by atoms with Crippen LogP contribution in [0.15, 0.2) is 48.5 Å². The average Bonchev–Trinajstić information content (AvgIpc) is 3.16. The molecule has 7 nitrogen and oxygen atoms in total. The lowest BCUT2D eigenvalue weighted by Gasteiger charge is -2.26. The predicted octanol–water partition coefficient (Wildman–Crippen LogP) is 4.72. The van der Waals surface area contributed by atoms with Crippen LogP contribution in [-0.2, 0) is 17.6 Å². The number of aromatic nitrogens is 2. The van der Waals surface area contributed by atoms with Gasteiger partial charge in [0, 0.05) is 48.9 Å². The first-order valence-electron chi connectivity index (χ1n) is 12.4. The lowest BCUT2D eigenvalue weighted by Crippen LogP contribution is -2.38. The van der Waals surface area contributed by atoms with E-state index in [0.717, 1.165) is 54.5 Å². The summed E-state index contributed by atoms with van der Waals surface area (Å²) >= 11 is 5.93. The van der Waals surface area contributed by atoms with E-state index in [0.29, 0.717) is 30.4 Å². The molecule has 2 heterocycles. The molecule has 0 spiro atoms. The number of benzene rings is 2. The van der Waals surface area contributed by atoms with Crippen molar-refractivity contribution in [3.05, 3.63) is 76.2 Å². The van der Waals surface area contributed by atoms with E-state index in [4.69, 9.17) is 31.0 Å².